The number of rotatable bonds is 8. The number of sulfonamides is 1. The molecule has 0 radical (unpaired) electrons. The van der Waals surface area contributed by atoms with Crippen molar-refractivity contribution in [1.29, 1.82) is 0 Å². The van der Waals surface area contributed by atoms with Crippen LogP contribution in [0.2, 0.25) is 5.02 Å². The minimum Gasteiger partial charge on any atom is -0.355 e. The molecular weight excluding hydrogens is 372 g/mol. The van der Waals surface area contributed by atoms with Crippen LogP contribution in [0.3, 0.4) is 0 Å². The van der Waals surface area contributed by atoms with Gasteiger partial charge in [-0.3, -0.25) is 14.9 Å². The predicted octanol–water partition coefficient (Wildman–Crippen LogP) is -0.277. The summed E-state index contributed by atoms with van der Waals surface area (Å²) in [5, 5.41) is 7.42. The van der Waals surface area contributed by atoms with Gasteiger partial charge in [0.05, 0.1) is 4.90 Å². The van der Waals surface area contributed by atoms with Crippen molar-refractivity contribution in [3.05, 3.63) is 29.3 Å². The minimum atomic E-state index is -3.67. The van der Waals surface area contributed by atoms with Crippen molar-refractivity contribution in [3.8, 4) is 0 Å². The topological polar surface area (TPSA) is 133 Å². The first-order chi connectivity index (χ1) is 11.8. The number of hydrogen-bond donors (Lipinski definition) is 4. The van der Waals surface area contributed by atoms with Crippen LogP contribution in [0, 0.1) is 0 Å². The van der Waals surface area contributed by atoms with Crippen molar-refractivity contribution < 1.29 is 22.8 Å². The van der Waals surface area contributed by atoms with Gasteiger partial charge >= 0.3 is 6.03 Å². The summed E-state index contributed by atoms with van der Waals surface area (Å²) in [5.74, 6) is -0.812. The lowest BCUT2D eigenvalue weighted by Gasteiger charge is -2.09. The standard InChI is InChI=1S/C14H17ClN4O5S/c15-9-1-3-10(4-2-9)25(23,24)17-8-7-16-12(20)6-5-11-13(21)19-14(22)18-11/h1-4,11,17H,5-8H2,(H,16,20)(H2,18,19,21,22)/t11-/m0/s1. The summed E-state index contributed by atoms with van der Waals surface area (Å²) in [4.78, 5) is 34.0. The van der Waals surface area contributed by atoms with E-state index in [9.17, 15) is 22.8 Å². The van der Waals surface area contributed by atoms with E-state index in [0.29, 0.717) is 5.02 Å². The van der Waals surface area contributed by atoms with E-state index in [1.165, 1.54) is 24.3 Å². The molecule has 4 N–H and O–H groups in total. The number of carbonyl (C=O) groups is 3. The fraction of sp³-hybridized carbons (Fsp3) is 0.357. The second kappa shape index (κ2) is 8.28. The molecule has 1 heterocycles. The van der Waals surface area contributed by atoms with Gasteiger partial charge in [0.2, 0.25) is 15.9 Å². The third-order valence-corrected chi connectivity index (χ3v) is 5.11. The van der Waals surface area contributed by atoms with Gasteiger partial charge in [0.15, 0.2) is 0 Å². The van der Waals surface area contributed by atoms with Gasteiger partial charge in [-0.25, -0.2) is 17.9 Å². The molecule has 0 aliphatic carbocycles. The van der Waals surface area contributed by atoms with Crippen molar-refractivity contribution in [2.45, 2.75) is 23.8 Å². The molecule has 0 unspecified atom stereocenters. The monoisotopic (exact) mass is 388 g/mol. The van der Waals surface area contributed by atoms with Crippen LogP contribution in [-0.4, -0.2) is 45.4 Å². The summed E-state index contributed by atoms with van der Waals surface area (Å²) in [7, 11) is -3.67. The SMILES string of the molecule is O=C(CC[C@@H]1NC(=O)NC1=O)NCCNS(=O)(=O)c1ccc(Cl)cc1. The maximum atomic E-state index is 12.0. The maximum absolute atomic E-state index is 12.0. The Morgan fingerprint density at radius 2 is 1.84 bits per heavy atom. The Labute approximate surface area is 149 Å². The van der Waals surface area contributed by atoms with Gasteiger partial charge in [0.1, 0.15) is 6.04 Å². The van der Waals surface area contributed by atoms with Gasteiger partial charge in [-0.2, -0.15) is 0 Å². The number of hydrogen-bond acceptors (Lipinski definition) is 5. The van der Waals surface area contributed by atoms with Crippen LogP contribution in [0.25, 0.3) is 0 Å². The number of urea groups is 1. The van der Waals surface area contributed by atoms with Crippen molar-refractivity contribution in [2.24, 2.45) is 0 Å². The van der Waals surface area contributed by atoms with Gasteiger partial charge in [0, 0.05) is 24.5 Å². The quantitative estimate of drug-likeness (QED) is 0.359. The van der Waals surface area contributed by atoms with Crippen molar-refractivity contribution in [2.75, 3.05) is 13.1 Å². The van der Waals surface area contributed by atoms with Gasteiger partial charge in [-0.15, -0.1) is 0 Å². The Kier molecular flexibility index (Phi) is 6.34. The molecule has 1 aliphatic heterocycles. The second-order valence-electron chi connectivity index (χ2n) is 5.26. The summed E-state index contributed by atoms with van der Waals surface area (Å²) in [6, 6.07) is 4.40. The molecule has 1 atom stereocenters. The van der Waals surface area contributed by atoms with E-state index in [-0.39, 0.29) is 36.7 Å². The molecule has 136 valence electrons. The van der Waals surface area contributed by atoms with Crippen LogP contribution in [0.5, 0.6) is 0 Å². The summed E-state index contributed by atoms with van der Waals surface area (Å²) in [6.45, 7) is 0.103. The second-order valence-corrected chi connectivity index (χ2v) is 7.46. The van der Waals surface area contributed by atoms with Crippen molar-refractivity contribution in [3.63, 3.8) is 0 Å². The number of amides is 4. The zero-order chi connectivity index (χ0) is 18.4. The Hall–Kier alpha value is -2.17. The zero-order valence-corrected chi connectivity index (χ0v) is 14.6. The lowest BCUT2D eigenvalue weighted by atomic mass is 10.1. The lowest BCUT2D eigenvalue weighted by molar-refractivity contribution is -0.122. The van der Waals surface area contributed by atoms with E-state index in [4.69, 9.17) is 11.6 Å². The van der Waals surface area contributed by atoms with Crippen LogP contribution in [-0.2, 0) is 19.6 Å². The summed E-state index contributed by atoms with van der Waals surface area (Å²) in [5.41, 5.74) is 0. The van der Waals surface area contributed by atoms with Gasteiger partial charge in [-0.1, -0.05) is 11.6 Å². The molecule has 1 aromatic carbocycles. The first-order valence-electron chi connectivity index (χ1n) is 7.41. The van der Waals surface area contributed by atoms with Crippen LogP contribution in [0.15, 0.2) is 29.2 Å². The zero-order valence-electron chi connectivity index (χ0n) is 13.0. The maximum Gasteiger partial charge on any atom is 0.322 e. The summed E-state index contributed by atoms with van der Waals surface area (Å²) in [6.07, 6.45) is 0.197. The highest BCUT2D eigenvalue weighted by Gasteiger charge is 2.29. The Morgan fingerprint density at radius 3 is 2.44 bits per heavy atom. The van der Waals surface area contributed by atoms with Crippen molar-refractivity contribution in [1.82, 2.24) is 20.7 Å². The smallest absolute Gasteiger partial charge is 0.322 e. The van der Waals surface area contributed by atoms with E-state index in [1.54, 1.807) is 0 Å². The largest absolute Gasteiger partial charge is 0.355 e. The van der Waals surface area contributed by atoms with Gasteiger partial charge in [0.25, 0.3) is 5.91 Å². The molecule has 0 bridgehead atoms. The highest BCUT2D eigenvalue weighted by molar-refractivity contribution is 7.89. The Morgan fingerprint density at radius 1 is 1.16 bits per heavy atom. The van der Waals surface area contributed by atoms with Crippen LogP contribution < -0.4 is 20.7 Å². The highest BCUT2D eigenvalue weighted by atomic mass is 35.5. The number of carbonyl (C=O) groups excluding carboxylic acids is 3. The van der Waals surface area contributed by atoms with Gasteiger partial charge < -0.3 is 10.6 Å². The molecule has 2 rings (SSSR count). The third kappa shape index (κ3) is 5.69. The molecule has 1 fully saturated rings. The first kappa shape index (κ1) is 19.2. The van der Waals surface area contributed by atoms with Crippen LogP contribution in [0.4, 0.5) is 4.79 Å². The number of nitrogens with one attached hydrogen (secondary N) is 4. The van der Waals surface area contributed by atoms with E-state index >= 15 is 0 Å². The third-order valence-electron chi connectivity index (χ3n) is 3.38. The molecule has 11 heteroatoms. The summed E-state index contributed by atoms with van der Waals surface area (Å²) < 4.78 is 26.4. The number of imide groups is 1. The normalized spacial score (nSPS) is 17.1. The van der Waals surface area contributed by atoms with E-state index in [2.05, 4.69) is 20.7 Å². The van der Waals surface area contributed by atoms with Crippen LogP contribution in [0.1, 0.15) is 12.8 Å². The Bertz CT molecular complexity index is 766. The van der Waals surface area contributed by atoms with E-state index < -0.39 is 28.0 Å². The van der Waals surface area contributed by atoms with Crippen molar-refractivity contribution >= 4 is 39.5 Å². The molecule has 4 amide bonds. The lowest BCUT2D eigenvalue weighted by Crippen LogP contribution is -2.36. The average molecular weight is 389 g/mol. The van der Waals surface area contributed by atoms with Crippen LogP contribution >= 0.6 is 11.6 Å². The molecule has 0 spiro atoms. The average Bonchev–Trinajstić information content (AvgIpc) is 2.87. The fourth-order valence-corrected chi connectivity index (χ4v) is 3.27. The first-order valence-corrected chi connectivity index (χ1v) is 9.27. The predicted molar refractivity (Wildman–Crippen MR) is 89.3 cm³/mol. The van der Waals surface area contributed by atoms with E-state index in [0.717, 1.165) is 0 Å². The van der Waals surface area contributed by atoms with E-state index in [1.807, 2.05) is 0 Å². The molecule has 0 aromatic heterocycles. The molecule has 25 heavy (non-hydrogen) atoms. The molecule has 1 aromatic rings. The Balaban J connectivity index is 1.68. The fourth-order valence-electron chi connectivity index (χ4n) is 2.11. The van der Waals surface area contributed by atoms with Gasteiger partial charge in [-0.05, 0) is 30.7 Å². The number of halogens is 1. The molecule has 1 saturated heterocycles. The highest BCUT2D eigenvalue weighted by Crippen LogP contribution is 2.13. The molecule has 9 nitrogen and oxygen atoms in total. The summed E-state index contributed by atoms with van der Waals surface area (Å²) >= 11 is 5.71. The molecular formula is C14H17ClN4O5S. The minimum absolute atomic E-state index is 0.0113. The molecule has 0 saturated carbocycles. The number of benzene rings is 1. The molecule has 1 aliphatic rings.